The zero-order valence-electron chi connectivity index (χ0n) is 7.81. The number of benzene rings is 1. The number of hydrogen-bond acceptors (Lipinski definition) is 2. The molecule has 0 aromatic heterocycles. The van der Waals surface area contributed by atoms with Crippen LogP contribution in [0.3, 0.4) is 0 Å². The van der Waals surface area contributed by atoms with Crippen molar-refractivity contribution in [1.82, 2.24) is 0 Å². The van der Waals surface area contributed by atoms with Crippen LogP contribution in [0.1, 0.15) is 18.4 Å². The van der Waals surface area contributed by atoms with Crippen LogP contribution in [-0.2, 0) is 5.54 Å². The first-order valence-electron chi connectivity index (χ1n) is 4.40. The molecule has 0 amide bonds. The molecule has 0 saturated heterocycles. The van der Waals surface area contributed by atoms with Crippen LogP contribution in [-0.4, -0.2) is 6.26 Å². The van der Waals surface area contributed by atoms with Gasteiger partial charge < -0.3 is 5.73 Å². The summed E-state index contributed by atoms with van der Waals surface area (Å²) in [5.74, 6) is -1.02. The second kappa shape index (κ2) is 3.21. The smallest absolute Gasteiger partial charge is 0.144 e. The van der Waals surface area contributed by atoms with Gasteiger partial charge in [0.2, 0.25) is 0 Å². The highest BCUT2D eigenvalue weighted by molar-refractivity contribution is 7.98. The van der Waals surface area contributed by atoms with Gasteiger partial charge in [-0.05, 0) is 31.2 Å². The van der Waals surface area contributed by atoms with Crippen molar-refractivity contribution in [2.45, 2.75) is 23.3 Å². The molecule has 0 radical (unpaired) electrons. The fourth-order valence-electron chi connectivity index (χ4n) is 1.53. The van der Waals surface area contributed by atoms with Crippen LogP contribution in [0.5, 0.6) is 0 Å². The third-order valence-corrected chi connectivity index (χ3v) is 3.32. The van der Waals surface area contributed by atoms with Gasteiger partial charge in [0.1, 0.15) is 11.6 Å². The van der Waals surface area contributed by atoms with Gasteiger partial charge in [-0.15, -0.1) is 11.8 Å². The van der Waals surface area contributed by atoms with E-state index in [0.29, 0.717) is 17.7 Å². The SMILES string of the molecule is CSc1ccc(F)c(C2(N)CC2)c1F. The molecule has 0 atom stereocenters. The summed E-state index contributed by atoms with van der Waals surface area (Å²) in [7, 11) is 0. The van der Waals surface area contributed by atoms with Gasteiger partial charge in [-0.3, -0.25) is 0 Å². The minimum absolute atomic E-state index is 0.0596. The third kappa shape index (κ3) is 1.42. The molecule has 1 saturated carbocycles. The van der Waals surface area contributed by atoms with E-state index in [1.807, 2.05) is 0 Å². The Morgan fingerprint density at radius 1 is 1.36 bits per heavy atom. The molecule has 1 nitrogen and oxygen atoms in total. The predicted molar refractivity (Wildman–Crippen MR) is 53.2 cm³/mol. The summed E-state index contributed by atoms with van der Waals surface area (Å²) >= 11 is 1.26. The van der Waals surface area contributed by atoms with E-state index in [1.54, 1.807) is 6.26 Å². The summed E-state index contributed by atoms with van der Waals surface area (Å²) in [5, 5.41) is 0. The van der Waals surface area contributed by atoms with Crippen molar-refractivity contribution in [3.05, 3.63) is 29.3 Å². The van der Waals surface area contributed by atoms with E-state index >= 15 is 0 Å². The van der Waals surface area contributed by atoms with Gasteiger partial charge in [-0.25, -0.2) is 8.78 Å². The molecular weight excluding hydrogens is 204 g/mol. The Balaban J connectivity index is 2.56. The summed E-state index contributed by atoms with van der Waals surface area (Å²) in [6, 6.07) is 2.74. The molecule has 1 aromatic rings. The molecule has 1 aromatic carbocycles. The van der Waals surface area contributed by atoms with E-state index in [0.717, 1.165) is 0 Å². The van der Waals surface area contributed by atoms with Crippen LogP contribution in [0.2, 0.25) is 0 Å². The first kappa shape index (κ1) is 9.93. The Morgan fingerprint density at radius 3 is 2.50 bits per heavy atom. The van der Waals surface area contributed by atoms with Crippen LogP contribution >= 0.6 is 11.8 Å². The molecule has 0 aliphatic heterocycles. The quantitative estimate of drug-likeness (QED) is 0.767. The number of nitrogens with two attached hydrogens (primary N) is 1. The number of thioether (sulfide) groups is 1. The largest absolute Gasteiger partial charge is 0.321 e. The second-order valence-electron chi connectivity index (χ2n) is 3.59. The van der Waals surface area contributed by atoms with Gasteiger partial charge in [-0.1, -0.05) is 0 Å². The minimum atomic E-state index is -0.750. The Bertz CT molecular complexity index is 375. The number of hydrogen-bond donors (Lipinski definition) is 1. The molecule has 76 valence electrons. The molecule has 1 aliphatic rings. The van der Waals surface area contributed by atoms with Crippen LogP contribution in [0.25, 0.3) is 0 Å². The normalized spacial score (nSPS) is 18.3. The molecule has 1 aliphatic carbocycles. The molecule has 1 fully saturated rings. The standard InChI is InChI=1S/C10H11F2NS/c1-14-7-3-2-6(11)8(9(7)12)10(13)4-5-10/h2-3H,4-5,13H2,1H3. The minimum Gasteiger partial charge on any atom is -0.321 e. The number of halogens is 2. The maximum atomic E-state index is 13.7. The summed E-state index contributed by atoms with van der Waals surface area (Å²) in [6.07, 6.45) is 3.09. The van der Waals surface area contributed by atoms with Gasteiger partial charge >= 0.3 is 0 Å². The van der Waals surface area contributed by atoms with Crippen LogP contribution in [0.15, 0.2) is 17.0 Å². The summed E-state index contributed by atoms with van der Waals surface area (Å²) in [5.41, 5.74) is 5.11. The van der Waals surface area contributed by atoms with Gasteiger partial charge in [-0.2, -0.15) is 0 Å². The zero-order valence-corrected chi connectivity index (χ0v) is 8.63. The average molecular weight is 215 g/mol. The molecule has 0 heterocycles. The monoisotopic (exact) mass is 215 g/mol. The highest BCUT2D eigenvalue weighted by Crippen LogP contribution is 2.46. The Morgan fingerprint density at radius 2 is 2.00 bits per heavy atom. The van der Waals surface area contributed by atoms with Crippen molar-refractivity contribution in [1.29, 1.82) is 0 Å². The fraction of sp³-hybridized carbons (Fsp3) is 0.400. The zero-order chi connectivity index (χ0) is 10.3. The van der Waals surface area contributed by atoms with Gasteiger partial charge in [0.25, 0.3) is 0 Å². The molecule has 4 heteroatoms. The summed E-state index contributed by atoms with van der Waals surface area (Å²) in [6.45, 7) is 0. The first-order valence-corrected chi connectivity index (χ1v) is 5.62. The maximum Gasteiger partial charge on any atom is 0.144 e. The molecule has 14 heavy (non-hydrogen) atoms. The fourth-order valence-corrected chi connectivity index (χ4v) is 2.02. The van der Waals surface area contributed by atoms with E-state index in [2.05, 4.69) is 0 Å². The molecule has 2 rings (SSSR count). The Labute approximate surface area is 85.7 Å². The van der Waals surface area contributed by atoms with Gasteiger partial charge in [0, 0.05) is 16.0 Å². The molecule has 0 unspecified atom stereocenters. The van der Waals surface area contributed by atoms with Gasteiger partial charge in [0.05, 0.1) is 0 Å². The van der Waals surface area contributed by atoms with E-state index < -0.39 is 17.2 Å². The Hall–Kier alpha value is -0.610. The van der Waals surface area contributed by atoms with Crippen molar-refractivity contribution < 1.29 is 8.78 Å². The summed E-state index contributed by atoms with van der Waals surface area (Å²) in [4.78, 5) is 0.457. The lowest BCUT2D eigenvalue weighted by Gasteiger charge is -2.13. The van der Waals surface area contributed by atoms with E-state index in [4.69, 9.17) is 5.73 Å². The number of rotatable bonds is 2. The lowest BCUT2D eigenvalue weighted by molar-refractivity contribution is 0.506. The third-order valence-electron chi connectivity index (χ3n) is 2.56. The molecular formula is C10H11F2NS. The lowest BCUT2D eigenvalue weighted by atomic mass is 10.0. The van der Waals surface area contributed by atoms with E-state index in [-0.39, 0.29) is 5.56 Å². The van der Waals surface area contributed by atoms with Crippen LogP contribution in [0, 0.1) is 11.6 Å². The highest BCUT2D eigenvalue weighted by atomic mass is 32.2. The van der Waals surface area contributed by atoms with Crippen LogP contribution < -0.4 is 5.73 Å². The van der Waals surface area contributed by atoms with E-state index in [9.17, 15) is 8.78 Å². The highest BCUT2D eigenvalue weighted by Gasteiger charge is 2.44. The lowest BCUT2D eigenvalue weighted by Crippen LogP contribution is -2.22. The summed E-state index contributed by atoms with van der Waals surface area (Å²) < 4.78 is 27.1. The topological polar surface area (TPSA) is 26.0 Å². The van der Waals surface area contributed by atoms with Crippen molar-refractivity contribution >= 4 is 11.8 Å². The first-order chi connectivity index (χ1) is 6.58. The van der Waals surface area contributed by atoms with Crippen LogP contribution in [0.4, 0.5) is 8.78 Å². The average Bonchev–Trinajstić information content (AvgIpc) is 2.85. The van der Waals surface area contributed by atoms with Crippen molar-refractivity contribution in [2.75, 3.05) is 6.26 Å². The van der Waals surface area contributed by atoms with Gasteiger partial charge in [0.15, 0.2) is 0 Å². The second-order valence-corrected chi connectivity index (χ2v) is 4.44. The molecule has 0 spiro atoms. The Kier molecular flexibility index (Phi) is 2.27. The van der Waals surface area contributed by atoms with E-state index in [1.165, 1.54) is 23.9 Å². The van der Waals surface area contributed by atoms with Crippen molar-refractivity contribution in [3.63, 3.8) is 0 Å². The van der Waals surface area contributed by atoms with Crippen molar-refractivity contribution in [2.24, 2.45) is 5.73 Å². The maximum absolute atomic E-state index is 13.7. The predicted octanol–water partition coefficient (Wildman–Crippen LogP) is 2.63. The van der Waals surface area contributed by atoms with Crippen molar-refractivity contribution in [3.8, 4) is 0 Å². The molecule has 0 bridgehead atoms. The molecule has 2 N–H and O–H groups in total.